The molecule has 0 amide bonds. The number of carbonyl (C=O) groups is 1. The van der Waals surface area contributed by atoms with Crippen molar-refractivity contribution in [2.75, 3.05) is 0 Å². The highest BCUT2D eigenvalue weighted by atomic mass is 16.5. The monoisotopic (exact) mass is 206 g/mol. The van der Waals surface area contributed by atoms with Crippen molar-refractivity contribution < 1.29 is 9.53 Å². The lowest BCUT2D eigenvalue weighted by Gasteiger charge is -2.13. The number of ether oxygens (including phenoxy) is 1. The van der Waals surface area contributed by atoms with E-state index in [2.05, 4.69) is 19.9 Å². The lowest BCUT2D eigenvalue weighted by molar-refractivity contribution is -0.113. The van der Waals surface area contributed by atoms with E-state index in [9.17, 15) is 4.79 Å². The average Bonchev–Trinajstić information content (AvgIpc) is 2.20. The summed E-state index contributed by atoms with van der Waals surface area (Å²) >= 11 is 0. The third kappa shape index (κ3) is 3.08. The first kappa shape index (κ1) is 11.8. The van der Waals surface area contributed by atoms with E-state index >= 15 is 0 Å². The van der Waals surface area contributed by atoms with Crippen LogP contribution in [0.15, 0.2) is 18.2 Å². The summed E-state index contributed by atoms with van der Waals surface area (Å²) in [6.45, 7) is 8.05. The zero-order valence-electron chi connectivity index (χ0n) is 9.78. The first-order chi connectivity index (χ1) is 7.04. The number of aryl methyl sites for hydroxylation is 1. The molecule has 2 nitrogen and oxygen atoms in total. The molecular formula is C13H18O2. The van der Waals surface area contributed by atoms with Crippen LogP contribution < -0.4 is 4.74 Å². The molecular weight excluding hydrogens is 188 g/mol. The Morgan fingerprint density at radius 1 is 1.27 bits per heavy atom. The smallest absolute Gasteiger partial charge is 0.160 e. The lowest BCUT2D eigenvalue weighted by atomic mass is 10.0. The Kier molecular flexibility index (Phi) is 3.89. The second-order valence-electron chi connectivity index (χ2n) is 4.14. The zero-order chi connectivity index (χ0) is 11.4. The van der Waals surface area contributed by atoms with Crippen LogP contribution in [0.2, 0.25) is 0 Å². The van der Waals surface area contributed by atoms with Gasteiger partial charge in [-0.25, -0.2) is 0 Å². The number of carbonyl (C=O) groups excluding carboxylic acids is 1. The van der Waals surface area contributed by atoms with E-state index in [1.165, 1.54) is 5.56 Å². The van der Waals surface area contributed by atoms with Gasteiger partial charge in [0.2, 0.25) is 0 Å². The van der Waals surface area contributed by atoms with Crippen LogP contribution in [-0.4, -0.2) is 12.4 Å². The fourth-order valence-corrected chi connectivity index (χ4v) is 1.39. The van der Waals surface area contributed by atoms with Crippen LogP contribution in [0.25, 0.3) is 0 Å². The van der Waals surface area contributed by atoms with Crippen LogP contribution in [0.4, 0.5) is 0 Å². The van der Waals surface area contributed by atoms with Gasteiger partial charge in [0.05, 0.1) is 0 Å². The Morgan fingerprint density at radius 3 is 2.40 bits per heavy atom. The molecule has 0 saturated carbocycles. The standard InChI is InChI=1S/C13H18O2/c1-9(2)12-5-6-13(10(3)7-12)15-11(4)8-14/h5-9,11H,1-4H3. The highest BCUT2D eigenvalue weighted by Gasteiger charge is 2.06. The van der Waals surface area contributed by atoms with Crippen molar-refractivity contribution in [3.05, 3.63) is 29.3 Å². The van der Waals surface area contributed by atoms with Crippen molar-refractivity contribution >= 4 is 6.29 Å². The molecule has 1 unspecified atom stereocenters. The molecule has 1 aromatic carbocycles. The normalized spacial score (nSPS) is 12.6. The third-order valence-corrected chi connectivity index (χ3v) is 2.37. The molecule has 0 spiro atoms. The van der Waals surface area contributed by atoms with Crippen LogP contribution >= 0.6 is 0 Å². The zero-order valence-corrected chi connectivity index (χ0v) is 9.78. The van der Waals surface area contributed by atoms with E-state index in [4.69, 9.17) is 4.74 Å². The number of hydrogen-bond acceptors (Lipinski definition) is 2. The predicted octanol–water partition coefficient (Wildman–Crippen LogP) is 3.08. The van der Waals surface area contributed by atoms with E-state index in [0.29, 0.717) is 5.92 Å². The van der Waals surface area contributed by atoms with Crippen molar-refractivity contribution in [3.63, 3.8) is 0 Å². The third-order valence-electron chi connectivity index (χ3n) is 2.37. The van der Waals surface area contributed by atoms with Crippen LogP contribution in [0.1, 0.15) is 37.8 Å². The van der Waals surface area contributed by atoms with Crippen LogP contribution in [0.5, 0.6) is 5.75 Å². The Hall–Kier alpha value is -1.31. The molecule has 0 bridgehead atoms. The summed E-state index contributed by atoms with van der Waals surface area (Å²) in [6.07, 6.45) is 0.420. The Morgan fingerprint density at radius 2 is 1.93 bits per heavy atom. The SMILES string of the molecule is Cc1cc(C(C)C)ccc1OC(C)C=O. The molecule has 0 saturated heterocycles. The topological polar surface area (TPSA) is 26.3 Å². The molecule has 0 fully saturated rings. The second kappa shape index (κ2) is 4.96. The minimum Gasteiger partial charge on any atom is -0.483 e. The van der Waals surface area contributed by atoms with Gasteiger partial charge in [-0.1, -0.05) is 26.0 Å². The highest BCUT2D eigenvalue weighted by molar-refractivity contribution is 5.56. The number of benzene rings is 1. The highest BCUT2D eigenvalue weighted by Crippen LogP contribution is 2.24. The molecule has 82 valence electrons. The number of rotatable bonds is 4. The first-order valence-electron chi connectivity index (χ1n) is 5.27. The van der Waals surface area contributed by atoms with Gasteiger partial charge in [0, 0.05) is 0 Å². The van der Waals surface area contributed by atoms with Crippen LogP contribution in [0, 0.1) is 6.92 Å². The quantitative estimate of drug-likeness (QED) is 0.708. The minimum absolute atomic E-state index is 0.381. The van der Waals surface area contributed by atoms with Crippen molar-refractivity contribution in [2.45, 2.75) is 39.7 Å². The van der Waals surface area contributed by atoms with Crippen molar-refractivity contribution in [3.8, 4) is 5.75 Å². The minimum atomic E-state index is -0.381. The van der Waals surface area contributed by atoms with E-state index in [1.807, 2.05) is 19.1 Å². The molecule has 1 aromatic rings. The van der Waals surface area contributed by atoms with Crippen LogP contribution in [0.3, 0.4) is 0 Å². The van der Waals surface area contributed by atoms with Crippen LogP contribution in [-0.2, 0) is 4.79 Å². The van der Waals surface area contributed by atoms with Gasteiger partial charge in [-0.15, -0.1) is 0 Å². The van der Waals surface area contributed by atoms with Gasteiger partial charge in [0.25, 0.3) is 0 Å². The van der Waals surface area contributed by atoms with Gasteiger partial charge in [-0.05, 0) is 37.0 Å². The van der Waals surface area contributed by atoms with Gasteiger partial charge in [0.15, 0.2) is 12.4 Å². The molecule has 0 N–H and O–H groups in total. The molecule has 0 aliphatic carbocycles. The van der Waals surface area contributed by atoms with Gasteiger partial charge in [-0.3, -0.25) is 4.79 Å². The molecule has 0 heterocycles. The Balaban J connectivity index is 2.88. The molecule has 1 rings (SSSR count). The van der Waals surface area contributed by atoms with Gasteiger partial charge < -0.3 is 4.74 Å². The second-order valence-corrected chi connectivity index (χ2v) is 4.14. The molecule has 0 aliphatic rings. The van der Waals surface area contributed by atoms with E-state index in [1.54, 1.807) is 6.92 Å². The molecule has 0 radical (unpaired) electrons. The molecule has 0 aliphatic heterocycles. The average molecular weight is 206 g/mol. The number of aldehydes is 1. The fraction of sp³-hybridized carbons (Fsp3) is 0.462. The Bertz CT molecular complexity index is 342. The largest absolute Gasteiger partial charge is 0.483 e. The molecule has 0 aromatic heterocycles. The maximum Gasteiger partial charge on any atom is 0.160 e. The van der Waals surface area contributed by atoms with E-state index in [0.717, 1.165) is 17.6 Å². The lowest BCUT2D eigenvalue weighted by Crippen LogP contribution is -2.13. The fourth-order valence-electron chi connectivity index (χ4n) is 1.39. The maximum absolute atomic E-state index is 10.5. The summed E-state index contributed by atoms with van der Waals surface area (Å²) in [7, 11) is 0. The molecule has 15 heavy (non-hydrogen) atoms. The van der Waals surface area contributed by atoms with Crippen molar-refractivity contribution in [1.82, 2.24) is 0 Å². The van der Waals surface area contributed by atoms with Crippen molar-refractivity contribution in [2.24, 2.45) is 0 Å². The number of hydrogen-bond donors (Lipinski definition) is 0. The summed E-state index contributed by atoms with van der Waals surface area (Å²) < 4.78 is 5.46. The van der Waals surface area contributed by atoms with Gasteiger partial charge in [-0.2, -0.15) is 0 Å². The summed E-state index contributed by atoms with van der Waals surface area (Å²) in [6, 6.07) is 6.09. The van der Waals surface area contributed by atoms with Gasteiger partial charge >= 0.3 is 0 Å². The molecule has 1 atom stereocenters. The summed E-state index contributed by atoms with van der Waals surface area (Å²) in [5.74, 6) is 1.31. The summed E-state index contributed by atoms with van der Waals surface area (Å²) in [4.78, 5) is 10.5. The molecule has 2 heteroatoms. The first-order valence-corrected chi connectivity index (χ1v) is 5.27. The summed E-state index contributed by atoms with van der Waals surface area (Å²) in [5.41, 5.74) is 2.37. The van der Waals surface area contributed by atoms with Gasteiger partial charge in [0.1, 0.15) is 5.75 Å². The summed E-state index contributed by atoms with van der Waals surface area (Å²) in [5, 5.41) is 0. The van der Waals surface area contributed by atoms with E-state index in [-0.39, 0.29) is 6.10 Å². The maximum atomic E-state index is 10.5. The van der Waals surface area contributed by atoms with E-state index < -0.39 is 0 Å². The van der Waals surface area contributed by atoms with Crippen molar-refractivity contribution in [1.29, 1.82) is 0 Å². The Labute approximate surface area is 91.3 Å². The predicted molar refractivity (Wildman–Crippen MR) is 61.4 cm³/mol.